The van der Waals surface area contributed by atoms with E-state index in [9.17, 15) is 4.79 Å². The van der Waals surface area contributed by atoms with Crippen molar-refractivity contribution >= 4 is 22.6 Å². The lowest BCUT2D eigenvalue weighted by Crippen LogP contribution is -2.44. The predicted molar refractivity (Wildman–Crippen MR) is 95.6 cm³/mol. The third kappa shape index (κ3) is 10.0. The molecule has 0 unspecified atom stereocenters. The Bertz CT molecular complexity index is 349. The molecule has 0 aliphatic carbocycles. The molecule has 0 bridgehead atoms. The van der Waals surface area contributed by atoms with Crippen molar-refractivity contribution in [1.82, 2.24) is 0 Å². The van der Waals surface area contributed by atoms with E-state index in [0.717, 1.165) is 12.5 Å². The molecule has 124 valence electrons. The van der Waals surface area contributed by atoms with Crippen molar-refractivity contribution in [2.75, 3.05) is 6.61 Å². The molecule has 0 saturated heterocycles. The third-order valence-corrected chi connectivity index (χ3v) is 11.1. The molecule has 0 atom stereocenters. The van der Waals surface area contributed by atoms with E-state index in [1.54, 1.807) is 13.0 Å². The maximum atomic E-state index is 11.5. The zero-order valence-corrected chi connectivity index (χ0v) is 17.0. The first-order valence-corrected chi connectivity index (χ1v) is 14.4. The highest BCUT2D eigenvalue weighted by atomic mass is 28.4. The minimum Gasteiger partial charge on any atom is -0.462 e. The molecule has 0 aromatic rings. The van der Waals surface area contributed by atoms with E-state index < -0.39 is 16.6 Å². The zero-order valence-electron chi connectivity index (χ0n) is 15.0. The largest absolute Gasteiger partial charge is 0.462 e. The summed E-state index contributed by atoms with van der Waals surface area (Å²) in [5, 5.41) is 0. The summed E-state index contributed by atoms with van der Waals surface area (Å²) < 4.78 is 11.8. The van der Waals surface area contributed by atoms with Crippen LogP contribution in [0.15, 0.2) is 11.6 Å². The first-order valence-electron chi connectivity index (χ1n) is 8.14. The molecule has 0 aromatic heterocycles. The Kier molecular flexibility index (Phi) is 9.41. The minimum absolute atomic E-state index is 0.199. The molecule has 0 N–H and O–H groups in total. The Balaban J connectivity index is 4.10. The highest BCUT2D eigenvalue weighted by Gasteiger charge is 2.32. The maximum Gasteiger partial charge on any atom is 0.333 e. The molecule has 0 heterocycles. The van der Waals surface area contributed by atoms with Gasteiger partial charge in [0.15, 0.2) is 16.6 Å². The summed E-state index contributed by atoms with van der Waals surface area (Å²) in [5.41, 5.74) is 0.677. The molecule has 0 aliphatic heterocycles. The average Bonchev–Trinajstić information content (AvgIpc) is 2.39. The fraction of sp³-hybridized carbons (Fsp3) is 0.812. The lowest BCUT2D eigenvalue weighted by atomic mass is 10.3. The van der Waals surface area contributed by atoms with Crippen LogP contribution < -0.4 is 0 Å². The number of hydrogen-bond donors (Lipinski definition) is 0. The molecule has 0 spiro atoms. The summed E-state index contributed by atoms with van der Waals surface area (Å²) in [6, 6.07) is 2.30. The van der Waals surface area contributed by atoms with Crippen molar-refractivity contribution in [3.05, 3.63) is 11.6 Å². The van der Waals surface area contributed by atoms with Crippen molar-refractivity contribution in [3.8, 4) is 0 Å². The second-order valence-electron chi connectivity index (χ2n) is 6.94. The standard InChI is InChI=1S/C16H34O3Si2/c1-8-10-13-20(4,5)19-21(6,7)14-11-12-18-16(17)15(3)9-2/h9H,8,10-14H2,1-7H3/b15-9+. The summed E-state index contributed by atoms with van der Waals surface area (Å²) in [6.07, 6.45) is 5.19. The van der Waals surface area contributed by atoms with Gasteiger partial charge in [0.1, 0.15) is 0 Å². The molecule has 5 heteroatoms. The van der Waals surface area contributed by atoms with E-state index in [1.165, 1.54) is 18.9 Å². The number of allylic oxidation sites excluding steroid dienone is 1. The number of ether oxygens (including phenoxy) is 1. The minimum atomic E-state index is -1.64. The zero-order chi connectivity index (χ0) is 16.5. The molecular formula is C16H34O3Si2. The highest BCUT2D eigenvalue weighted by molar-refractivity contribution is 6.84. The lowest BCUT2D eigenvalue weighted by molar-refractivity contribution is -0.139. The summed E-state index contributed by atoms with van der Waals surface area (Å²) >= 11 is 0. The number of esters is 1. The van der Waals surface area contributed by atoms with Crippen LogP contribution in [0.5, 0.6) is 0 Å². The van der Waals surface area contributed by atoms with E-state index in [4.69, 9.17) is 8.85 Å². The van der Waals surface area contributed by atoms with Gasteiger partial charge < -0.3 is 8.85 Å². The van der Waals surface area contributed by atoms with Gasteiger partial charge in [0.05, 0.1) is 6.61 Å². The summed E-state index contributed by atoms with van der Waals surface area (Å²) in [4.78, 5) is 11.5. The molecule has 0 amide bonds. The molecule has 0 rings (SSSR count). The van der Waals surface area contributed by atoms with E-state index >= 15 is 0 Å². The molecule has 21 heavy (non-hydrogen) atoms. The Morgan fingerprint density at radius 2 is 1.57 bits per heavy atom. The second-order valence-corrected chi connectivity index (χ2v) is 15.8. The van der Waals surface area contributed by atoms with Gasteiger partial charge in [0, 0.05) is 5.57 Å². The molecule has 0 fully saturated rings. The topological polar surface area (TPSA) is 35.5 Å². The van der Waals surface area contributed by atoms with Crippen molar-refractivity contribution in [1.29, 1.82) is 0 Å². The van der Waals surface area contributed by atoms with Crippen LogP contribution in [0.4, 0.5) is 0 Å². The van der Waals surface area contributed by atoms with Crippen molar-refractivity contribution in [2.45, 2.75) is 78.3 Å². The summed E-state index contributed by atoms with van der Waals surface area (Å²) in [6.45, 7) is 15.6. The Morgan fingerprint density at radius 3 is 2.05 bits per heavy atom. The molecule has 3 nitrogen and oxygen atoms in total. The van der Waals surface area contributed by atoms with Gasteiger partial charge in [-0.3, -0.25) is 0 Å². The smallest absolute Gasteiger partial charge is 0.333 e. The fourth-order valence-electron chi connectivity index (χ4n) is 2.35. The fourth-order valence-corrected chi connectivity index (χ4v) is 11.3. The van der Waals surface area contributed by atoms with Crippen molar-refractivity contribution < 1.29 is 13.6 Å². The van der Waals surface area contributed by atoms with E-state index in [0.29, 0.717) is 12.2 Å². The summed E-state index contributed by atoms with van der Waals surface area (Å²) in [7, 11) is -3.16. The van der Waals surface area contributed by atoms with E-state index in [1.807, 2.05) is 6.92 Å². The number of carbonyl (C=O) groups is 1. The SMILES string of the molecule is C/C=C(\C)C(=O)OCCC[Si](C)(C)O[Si](C)(C)CCCC. The van der Waals surface area contributed by atoms with Crippen LogP contribution in [0.1, 0.15) is 40.0 Å². The number of unbranched alkanes of at least 4 members (excludes halogenated alkanes) is 1. The average molecular weight is 331 g/mol. The van der Waals surface area contributed by atoms with E-state index in [-0.39, 0.29) is 5.97 Å². The normalized spacial score (nSPS) is 13.4. The van der Waals surface area contributed by atoms with Gasteiger partial charge in [0.2, 0.25) is 0 Å². The van der Waals surface area contributed by atoms with Crippen LogP contribution in [0.2, 0.25) is 38.3 Å². The number of hydrogen-bond acceptors (Lipinski definition) is 3. The first kappa shape index (κ1) is 20.6. The van der Waals surface area contributed by atoms with Crippen LogP contribution in [-0.4, -0.2) is 29.2 Å². The van der Waals surface area contributed by atoms with Crippen LogP contribution in [0.25, 0.3) is 0 Å². The van der Waals surface area contributed by atoms with Gasteiger partial charge in [-0.15, -0.1) is 0 Å². The first-order chi connectivity index (χ1) is 9.63. The molecule has 0 radical (unpaired) electrons. The molecule has 0 aliphatic rings. The van der Waals surface area contributed by atoms with Gasteiger partial charge >= 0.3 is 5.97 Å². The second kappa shape index (κ2) is 9.59. The predicted octanol–water partition coefficient (Wildman–Crippen LogP) is 5.11. The Labute approximate surface area is 133 Å². The monoisotopic (exact) mass is 330 g/mol. The highest BCUT2D eigenvalue weighted by Crippen LogP contribution is 2.24. The van der Waals surface area contributed by atoms with Gasteiger partial charge in [-0.2, -0.15) is 0 Å². The van der Waals surface area contributed by atoms with Crippen molar-refractivity contribution in [2.24, 2.45) is 0 Å². The maximum absolute atomic E-state index is 11.5. The van der Waals surface area contributed by atoms with Crippen LogP contribution in [-0.2, 0) is 13.6 Å². The third-order valence-electron chi connectivity index (χ3n) is 3.60. The van der Waals surface area contributed by atoms with E-state index in [2.05, 4.69) is 33.1 Å². The van der Waals surface area contributed by atoms with Gasteiger partial charge in [0.25, 0.3) is 0 Å². The summed E-state index contributed by atoms with van der Waals surface area (Å²) in [5.74, 6) is -0.199. The van der Waals surface area contributed by atoms with Crippen molar-refractivity contribution in [3.63, 3.8) is 0 Å². The quantitative estimate of drug-likeness (QED) is 0.241. The Hall–Kier alpha value is -0.396. The number of rotatable bonds is 10. The molecule has 0 saturated carbocycles. The van der Waals surface area contributed by atoms with Gasteiger partial charge in [-0.05, 0) is 58.5 Å². The molecular weight excluding hydrogens is 296 g/mol. The van der Waals surface area contributed by atoms with Crippen LogP contribution in [0.3, 0.4) is 0 Å². The molecule has 0 aromatic carbocycles. The van der Waals surface area contributed by atoms with Gasteiger partial charge in [-0.1, -0.05) is 25.8 Å². The lowest BCUT2D eigenvalue weighted by Gasteiger charge is -2.34. The number of carbonyl (C=O) groups excluding carboxylic acids is 1. The Morgan fingerprint density at radius 1 is 1.05 bits per heavy atom. The van der Waals surface area contributed by atoms with Crippen LogP contribution >= 0.6 is 0 Å². The van der Waals surface area contributed by atoms with Gasteiger partial charge in [-0.25, -0.2) is 4.79 Å². The van der Waals surface area contributed by atoms with Crippen LogP contribution in [0, 0.1) is 0 Å².